The normalized spacial score (nSPS) is 12.3. The maximum absolute atomic E-state index is 12.3. The van der Waals surface area contributed by atoms with Gasteiger partial charge in [-0.1, -0.05) is 49.0 Å². The Morgan fingerprint density at radius 3 is 2.67 bits per heavy atom. The molecule has 0 spiro atoms. The van der Waals surface area contributed by atoms with Gasteiger partial charge in [0.05, 0.1) is 5.25 Å². The standard InChI is InChI=1S/C14H15NOS2/c1-3-12(18-14-15-10(2)9-17-14)13(16)11-7-5-4-6-8-11/h4-9,12H,3H2,1-2H3. The zero-order valence-electron chi connectivity index (χ0n) is 10.4. The van der Waals surface area contributed by atoms with E-state index in [2.05, 4.69) is 4.98 Å². The minimum Gasteiger partial charge on any atom is -0.293 e. The number of aryl methyl sites for hydroxylation is 1. The average molecular weight is 277 g/mol. The fraction of sp³-hybridized carbons (Fsp3) is 0.286. The monoisotopic (exact) mass is 277 g/mol. The molecule has 0 bridgehead atoms. The molecule has 1 atom stereocenters. The Kier molecular flexibility index (Phi) is 4.55. The molecule has 1 aromatic carbocycles. The SMILES string of the molecule is CCC(Sc1nc(C)cs1)C(=O)c1ccccc1. The quantitative estimate of drug-likeness (QED) is 0.606. The van der Waals surface area contributed by atoms with E-state index >= 15 is 0 Å². The molecule has 2 rings (SSSR count). The van der Waals surface area contributed by atoms with Gasteiger partial charge in [-0.2, -0.15) is 0 Å². The van der Waals surface area contributed by atoms with Crippen molar-refractivity contribution in [1.29, 1.82) is 0 Å². The third-order valence-electron chi connectivity index (χ3n) is 2.56. The molecule has 0 aliphatic carbocycles. The van der Waals surface area contributed by atoms with Crippen LogP contribution in [-0.2, 0) is 0 Å². The van der Waals surface area contributed by atoms with E-state index in [1.54, 1.807) is 23.1 Å². The summed E-state index contributed by atoms with van der Waals surface area (Å²) in [5.41, 5.74) is 1.80. The van der Waals surface area contributed by atoms with Crippen molar-refractivity contribution in [2.45, 2.75) is 29.9 Å². The summed E-state index contributed by atoms with van der Waals surface area (Å²) in [4.78, 5) is 16.7. The smallest absolute Gasteiger partial charge is 0.176 e. The predicted molar refractivity (Wildman–Crippen MR) is 77.6 cm³/mol. The molecule has 18 heavy (non-hydrogen) atoms. The number of benzene rings is 1. The second kappa shape index (κ2) is 6.16. The van der Waals surface area contributed by atoms with E-state index in [0.717, 1.165) is 22.0 Å². The minimum atomic E-state index is -0.0436. The molecule has 0 saturated carbocycles. The zero-order valence-corrected chi connectivity index (χ0v) is 12.1. The van der Waals surface area contributed by atoms with Crippen molar-refractivity contribution in [2.75, 3.05) is 0 Å². The van der Waals surface area contributed by atoms with Crippen molar-refractivity contribution in [3.63, 3.8) is 0 Å². The van der Waals surface area contributed by atoms with Crippen LogP contribution in [0.1, 0.15) is 29.4 Å². The highest BCUT2D eigenvalue weighted by Crippen LogP contribution is 2.30. The van der Waals surface area contributed by atoms with E-state index in [9.17, 15) is 4.79 Å². The summed E-state index contributed by atoms with van der Waals surface area (Å²) >= 11 is 3.18. The van der Waals surface area contributed by atoms with Crippen LogP contribution >= 0.6 is 23.1 Å². The molecule has 0 amide bonds. The summed E-state index contributed by atoms with van der Waals surface area (Å²) in [7, 11) is 0. The Labute approximate surface area is 115 Å². The van der Waals surface area contributed by atoms with Gasteiger partial charge in [-0.3, -0.25) is 4.79 Å². The first-order valence-corrected chi connectivity index (χ1v) is 7.64. The number of nitrogens with zero attached hydrogens (tertiary/aromatic N) is 1. The topological polar surface area (TPSA) is 30.0 Å². The Bertz CT molecular complexity index is 522. The lowest BCUT2D eigenvalue weighted by atomic mass is 10.1. The van der Waals surface area contributed by atoms with Crippen LogP contribution in [0.4, 0.5) is 0 Å². The fourth-order valence-electron chi connectivity index (χ4n) is 1.62. The van der Waals surface area contributed by atoms with E-state index in [0.29, 0.717) is 0 Å². The van der Waals surface area contributed by atoms with E-state index in [1.807, 2.05) is 49.6 Å². The molecular weight excluding hydrogens is 262 g/mol. The molecule has 94 valence electrons. The van der Waals surface area contributed by atoms with Crippen molar-refractivity contribution in [3.05, 3.63) is 47.0 Å². The molecule has 2 nitrogen and oxygen atoms in total. The van der Waals surface area contributed by atoms with E-state index in [1.165, 1.54) is 0 Å². The first-order valence-electron chi connectivity index (χ1n) is 5.88. The molecular formula is C14H15NOS2. The molecule has 0 aliphatic rings. The molecule has 1 aromatic heterocycles. The lowest BCUT2D eigenvalue weighted by Gasteiger charge is -2.11. The molecule has 0 fully saturated rings. The number of Topliss-reactive ketones (excluding diaryl/α,β-unsaturated/α-hetero) is 1. The number of thioether (sulfide) groups is 1. The Hall–Kier alpha value is -1.13. The van der Waals surface area contributed by atoms with Crippen LogP contribution in [0.15, 0.2) is 40.1 Å². The van der Waals surface area contributed by atoms with E-state index in [-0.39, 0.29) is 11.0 Å². The Balaban J connectivity index is 2.12. The summed E-state index contributed by atoms with van der Waals surface area (Å²) in [5, 5.41) is 1.97. The van der Waals surface area contributed by atoms with Crippen molar-refractivity contribution in [3.8, 4) is 0 Å². The van der Waals surface area contributed by atoms with Gasteiger partial charge in [-0.05, 0) is 13.3 Å². The number of rotatable bonds is 5. The van der Waals surface area contributed by atoms with Crippen LogP contribution in [0.25, 0.3) is 0 Å². The Morgan fingerprint density at radius 1 is 1.39 bits per heavy atom. The molecule has 0 radical (unpaired) electrons. The number of carbonyl (C=O) groups excluding carboxylic acids is 1. The summed E-state index contributed by atoms with van der Waals surface area (Å²) in [6.45, 7) is 4.01. The number of carbonyl (C=O) groups is 1. The number of hydrogen-bond donors (Lipinski definition) is 0. The third-order valence-corrected chi connectivity index (χ3v) is 5.02. The first-order chi connectivity index (χ1) is 8.70. The number of thiazole rings is 1. The number of ketones is 1. The van der Waals surface area contributed by atoms with Gasteiger partial charge in [0.25, 0.3) is 0 Å². The van der Waals surface area contributed by atoms with Gasteiger partial charge in [-0.15, -0.1) is 11.3 Å². The number of hydrogen-bond acceptors (Lipinski definition) is 4. The van der Waals surface area contributed by atoms with Crippen LogP contribution in [0.3, 0.4) is 0 Å². The van der Waals surface area contributed by atoms with Crippen molar-refractivity contribution >= 4 is 28.9 Å². The molecule has 0 N–H and O–H groups in total. The first kappa shape index (κ1) is 13.3. The summed E-state index contributed by atoms with van der Waals surface area (Å²) in [6.07, 6.45) is 0.816. The van der Waals surface area contributed by atoms with Gasteiger partial charge in [-0.25, -0.2) is 4.98 Å². The molecule has 2 aromatic rings. The summed E-state index contributed by atoms with van der Waals surface area (Å²) in [5.74, 6) is 0.191. The van der Waals surface area contributed by atoms with Crippen LogP contribution in [0, 0.1) is 6.92 Å². The second-order valence-electron chi connectivity index (χ2n) is 4.00. The van der Waals surface area contributed by atoms with Gasteiger partial charge < -0.3 is 0 Å². The van der Waals surface area contributed by atoms with Crippen LogP contribution in [0.5, 0.6) is 0 Å². The van der Waals surface area contributed by atoms with Crippen molar-refractivity contribution in [2.24, 2.45) is 0 Å². The van der Waals surface area contributed by atoms with Crippen LogP contribution < -0.4 is 0 Å². The van der Waals surface area contributed by atoms with Gasteiger partial charge in [0.15, 0.2) is 10.1 Å². The van der Waals surface area contributed by atoms with Crippen LogP contribution in [0.2, 0.25) is 0 Å². The number of aromatic nitrogens is 1. The van der Waals surface area contributed by atoms with E-state index in [4.69, 9.17) is 0 Å². The lowest BCUT2D eigenvalue weighted by Crippen LogP contribution is -2.16. The maximum Gasteiger partial charge on any atom is 0.176 e. The Morgan fingerprint density at radius 2 is 2.11 bits per heavy atom. The molecule has 0 aliphatic heterocycles. The highest BCUT2D eigenvalue weighted by atomic mass is 32.2. The second-order valence-corrected chi connectivity index (χ2v) is 6.31. The van der Waals surface area contributed by atoms with E-state index < -0.39 is 0 Å². The lowest BCUT2D eigenvalue weighted by molar-refractivity contribution is 0.0988. The molecule has 0 saturated heterocycles. The van der Waals surface area contributed by atoms with Gasteiger partial charge in [0.1, 0.15) is 0 Å². The predicted octanol–water partition coefficient (Wildman–Crippen LogP) is 4.21. The minimum absolute atomic E-state index is 0.0436. The van der Waals surface area contributed by atoms with Crippen LogP contribution in [-0.4, -0.2) is 16.0 Å². The van der Waals surface area contributed by atoms with Crippen molar-refractivity contribution < 1.29 is 4.79 Å². The largest absolute Gasteiger partial charge is 0.293 e. The molecule has 4 heteroatoms. The summed E-state index contributed by atoms with van der Waals surface area (Å²) < 4.78 is 0.976. The summed E-state index contributed by atoms with van der Waals surface area (Å²) in [6, 6.07) is 9.47. The fourth-order valence-corrected chi connectivity index (χ4v) is 3.70. The zero-order chi connectivity index (χ0) is 13.0. The van der Waals surface area contributed by atoms with Gasteiger partial charge >= 0.3 is 0 Å². The van der Waals surface area contributed by atoms with Gasteiger partial charge in [0, 0.05) is 16.6 Å². The average Bonchev–Trinajstić information content (AvgIpc) is 2.82. The van der Waals surface area contributed by atoms with Gasteiger partial charge in [0.2, 0.25) is 0 Å². The third kappa shape index (κ3) is 3.21. The van der Waals surface area contributed by atoms with Crippen molar-refractivity contribution in [1.82, 2.24) is 4.98 Å². The molecule has 1 heterocycles. The highest BCUT2D eigenvalue weighted by Gasteiger charge is 2.20. The molecule has 1 unspecified atom stereocenters. The maximum atomic E-state index is 12.3. The highest BCUT2D eigenvalue weighted by molar-refractivity contribution is 8.02.